The van der Waals surface area contributed by atoms with Gasteiger partial charge in [-0.1, -0.05) is 50.0 Å². The summed E-state index contributed by atoms with van der Waals surface area (Å²) in [5, 5.41) is 76.6. The molecule has 0 aromatic heterocycles. The maximum atomic E-state index is 13.5. The second-order valence-corrected chi connectivity index (χ2v) is 21.0. The van der Waals surface area contributed by atoms with Crippen LogP contribution < -0.4 is 35.9 Å². The number of nitrogens with two attached hydrogens (primary N) is 1. The number of phenolic OH excluding ortho intramolecular Hbond substituents is 2. The van der Waals surface area contributed by atoms with Crippen molar-refractivity contribution in [2.24, 2.45) is 46.2 Å². The van der Waals surface area contributed by atoms with E-state index in [4.69, 9.17) is 24.7 Å². The van der Waals surface area contributed by atoms with Gasteiger partial charge in [0, 0.05) is 48.5 Å². The predicted octanol–water partition coefficient (Wildman–Crippen LogP) is 5.69. The number of fused-ring (bicyclic) bond motifs is 2. The summed E-state index contributed by atoms with van der Waals surface area (Å²) >= 11 is 0. The smallest absolute Gasteiger partial charge is 0.311 e. The minimum absolute atomic E-state index is 0.0241. The van der Waals surface area contributed by atoms with Gasteiger partial charge < -0.3 is 66.0 Å². The molecule has 2 aromatic rings. The van der Waals surface area contributed by atoms with Crippen LogP contribution in [0.15, 0.2) is 66.0 Å². The molecule has 15 heteroatoms. The highest BCUT2D eigenvalue weighted by Gasteiger charge is 2.69. The average Bonchev–Trinajstić information content (AvgIpc) is 4.10. The van der Waals surface area contributed by atoms with Crippen LogP contribution in [-0.4, -0.2) is 107 Å². The molecule has 3 aliphatic heterocycles. The van der Waals surface area contributed by atoms with E-state index in [1.807, 2.05) is 24.3 Å². The van der Waals surface area contributed by atoms with Gasteiger partial charge in [-0.3, -0.25) is 10.1 Å². The molecule has 2 spiro atoms. The Morgan fingerprint density at radius 3 is 2.56 bits per heavy atom. The fraction of sp³-hybridized carbons (Fsp3) is 0.642. The van der Waals surface area contributed by atoms with Gasteiger partial charge in [0.25, 0.3) is 0 Å². The van der Waals surface area contributed by atoms with E-state index in [-0.39, 0.29) is 78.9 Å². The van der Waals surface area contributed by atoms with Crippen LogP contribution >= 0.6 is 0 Å². The number of piperidine rings is 1. The first-order valence-corrected chi connectivity index (χ1v) is 25.3. The van der Waals surface area contributed by atoms with Crippen LogP contribution in [0.4, 0.5) is 0 Å². The number of carbonyl (C=O) groups is 1. The maximum absolute atomic E-state index is 13.5. The lowest BCUT2D eigenvalue weighted by atomic mass is 9.46. The Morgan fingerprint density at radius 1 is 0.985 bits per heavy atom. The molecule has 11 N–H and O–H groups in total. The lowest BCUT2D eigenvalue weighted by Gasteiger charge is -2.61. The zero-order valence-corrected chi connectivity index (χ0v) is 39.7. The van der Waals surface area contributed by atoms with E-state index in [1.54, 1.807) is 18.2 Å². The molecule has 2 aromatic carbocycles. The quantitative estimate of drug-likeness (QED) is 0.0720. The number of aromatic hydroxyl groups is 2. The van der Waals surface area contributed by atoms with Gasteiger partial charge in [-0.2, -0.15) is 0 Å². The van der Waals surface area contributed by atoms with Crippen LogP contribution in [0.2, 0.25) is 0 Å². The van der Waals surface area contributed by atoms with Crippen molar-refractivity contribution in [2.75, 3.05) is 33.6 Å². The number of methoxy groups -OCH3 is 1. The van der Waals surface area contributed by atoms with Crippen LogP contribution in [0, 0.1) is 40.4 Å². The first-order chi connectivity index (χ1) is 32.8. The van der Waals surface area contributed by atoms with E-state index in [0.29, 0.717) is 54.8 Å². The van der Waals surface area contributed by atoms with Crippen molar-refractivity contribution >= 4 is 5.97 Å². The normalized spacial score (nSPS) is 35.1. The average molecular weight is 943 g/mol. The van der Waals surface area contributed by atoms with Crippen molar-refractivity contribution in [1.82, 2.24) is 16.0 Å². The largest absolute Gasteiger partial charge is 0.504 e. The van der Waals surface area contributed by atoms with E-state index >= 15 is 0 Å². The number of aliphatic hydroxyl groups excluding tert-OH is 3. The molecular formula is C53H74N4O11. The number of carboxylic acids is 1. The number of hydrogen-bond donors (Lipinski definition) is 10. The Hall–Kier alpha value is -4.51. The minimum atomic E-state index is -0.878. The molecule has 68 heavy (non-hydrogen) atoms. The third kappa shape index (κ3) is 9.19. The standard InChI is InChI=1S/C53H74N4O11/c1-30-27-52(18-3-4-19-52)53(38(12-13-39(53)51(63)64)33-16-20-55-47(54)25-33)46(57-30)28-66-45-24-34(23-44(65-2)49(45)62)50-37(17-21-58)42(60)26-35(68-50)11-8-31-9-15-41(59)43(22-31)67-29-56-40-14-10-32-6-5-7-36(32)48(40)61/h9,12-13,15-16,22-25,30,32,35-40,42,46,48,50,55-62H,3-8,10-11,14,17-21,26-29,54H2,1-2H3,(H,63,64)/t30-,32-,35+,36+,37+,38-,39+,40-,42+,46-,48-,50-,53-/m1/s1. The highest BCUT2D eigenvalue weighted by molar-refractivity contribution is 5.75. The summed E-state index contributed by atoms with van der Waals surface area (Å²) in [5.41, 5.74) is 7.73. The number of ether oxygens (including phenoxy) is 4. The number of rotatable bonds is 16. The molecule has 3 heterocycles. The second-order valence-electron chi connectivity index (χ2n) is 21.0. The summed E-state index contributed by atoms with van der Waals surface area (Å²) < 4.78 is 25.3. The van der Waals surface area contributed by atoms with Gasteiger partial charge in [0.2, 0.25) is 5.75 Å². The maximum Gasteiger partial charge on any atom is 0.311 e. The molecule has 15 nitrogen and oxygen atoms in total. The zero-order chi connectivity index (χ0) is 47.7. The van der Waals surface area contributed by atoms with Crippen molar-refractivity contribution in [2.45, 2.75) is 139 Å². The number of aliphatic carboxylic acids is 1. The van der Waals surface area contributed by atoms with Crippen LogP contribution in [0.5, 0.6) is 28.7 Å². The number of dihydropyridines is 1. The molecule has 4 aliphatic carbocycles. The highest BCUT2D eigenvalue weighted by atomic mass is 16.5. The molecule has 5 fully saturated rings. The van der Waals surface area contributed by atoms with Crippen molar-refractivity contribution in [3.8, 4) is 28.7 Å². The fourth-order valence-corrected chi connectivity index (χ4v) is 14.4. The monoisotopic (exact) mass is 943 g/mol. The number of aliphatic hydroxyl groups is 3. The van der Waals surface area contributed by atoms with Crippen LogP contribution in [-0.2, 0) is 16.0 Å². The van der Waals surface area contributed by atoms with E-state index in [0.717, 1.165) is 62.5 Å². The Morgan fingerprint density at radius 2 is 1.79 bits per heavy atom. The lowest BCUT2D eigenvalue weighted by molar-refractivity contribution is -0.160. The molecule has 7 aliphatic rings. The number of phenols is 2. The van der Waals surface area contributed by atoms with Crippen LogP contribution in [0.1, 0.15) is 108 Å². The number of allylic oxidation sites excluding steroid dienone is 3. The van der Waals surface area contributed by atoms with Crippen molar-refractivity contribution < 1.29 is 54.4 Å². The Bertz CT molecular complexity index is 2210. The zero-order valence-electron chi connectivity index (χ0n) is 39.7. The summed E-state index contributed by atoms with van der Waals surface area (Å²) in [6, 6.07) is 8.28. The highest BCUT2D eigenvalue weighted by Crippen LogP contribution is 2.68. The Balaban J connectivity index is 0.933. The van der Waals surface area contributed by atoms with Crippen molar-refractivity contribution in [1.29, 1.82) is 0 Å². The Kier molecular flexibility index (Phi) is 14.6. The number of hydrogen-bond acceptors (Lipinski definition) is 14. The fourth-order valence-electron chi connectivity index (χ4n) is 14.4. The summed E-state index contributed by atoms with van der Waals surface area (Å²) in [7, 11) is 1.46. The molecular weight excluding hydrogens is 869 g/mol. The van der Waals surface area contributed by atoms with E-state index < -0.39 is 47.6 Å². The van der Waals surface area contributed by atoms with Crippen LogP contribution in [0.25, 0.3) is 0 Å². The van der Waals surface area contributed by atoms with Gasteiger partial charge in [-0.15, -0.1) is 0 Å². The third-order valence-electron chi connectivity index (χ3n) is 17.3. The number of nitrogens with one attached hydrogen (secondary N) is 3. The van der Waals surface area contributed by atoms with Gasteiger partial charge in [0.05, 0.1) is 43.3 Å². The third-order valence-corrected chi connectivity index (χ3v) is 17.3. The number of carboxylic acid groups (broad SMARTS) is 1. The van der Waals surface area contributed by atoms with E-state index in [9.17, 15) is 35.4 Å². The van der Waals surface area contributed by atoms with Gasteiger partial charge in [0.15, 0.2) is 23.0 Å². The molecule has 0 unspecified atom stereocenters. The molecule has 0 amide bonds. The van der Waals surface area contributed by atoms with Gasteiger partial charge in [0.1, 0.15) is 13.3 Å². The summed E-state index contributed by atoms with van der Waals surface area (Å²) in [4.78, 5) is 13.5. The molecule has 2 saturated heterocycles. The lowest BCUT2D eigenvalue weighted by Crippen LogP contribution is -2.69. The molecule has 372 valence electrons. The molecule has 3 saturated carbocycles. The first-order valence-electron chi connectivity index (χ1n) is 25.3. The number of aryl methyl sites for hydroxylation is 1. The summed E-state index contributed by atoms with van der Waals surface area (Å²) in [6.45, 7) is 2.74. The van der Waals surface area contributed by atoms with Crippen LogP contribution in [0.3, 0.4) is 0 Å². The van der Waals surface area contributed by atoms with Gasteiger partial charge >= 0.3 is 5.97 Å². The summed E-state index contributed by atoms with van der Waals surface area (Å²) in [5.74, 6) is -0.449. The second kappa shape index (κ2) is 20.4. The topological polar surface area (TPSA) is 237 Å². The Labute approximate surface area is 400 Å². The SMILES string of the molecule is COc1cc([C@H]2O[C@@H](CCc3ccc(O)c(OCN[C@@H]4CC[C@H]5CCC[C@@H]5[C@H]4O)c3)C[C@H](O)[C@@H]2CCO)cc(OC[C@H]2N[C@H](C)CC3(CCCC3)[C@@]23[C@@H](C2=CCNC(N)=C2)C=C[C@H]3C(=O)O)c1O. The molecule has 0 radical (unpaired) electrons. The molecule has 13 atom stereocenters. The van der Waals surface area contributed by atoms with Crippen molar-refractivity contribution in [3.05, 3.63) is 77.2 Å². The predicted molar refractivity (Wildman–Crippen MR) is 255 cm³/mol. The summed E-state index contributed by atoms with van der Waals surface area (Å²) in [6.07, 6.45) is 17.5. The van der Waals surface area contributed by atoms with Gasteiger partial charge in [-0.05, 0) is 135 Å². The molecule has 9 rings (SSSR count). The molecule has 0 bridgehead atoms. The van der Waals surface area contributed by atoms with E-state index in [2.05, 4.69) is 35.0 Å². The van der Waals surface area contributed by atoms with E-state index in [1.165, 1.54) is 20.0 Å². The number of benzene rings is 2. The van der Waals surface area contributed by atoms with Crippen molar-refractivity contribution in [3.63, 3.8) is 0 Å². The van der Waals surface area contributed by atoms with Gasteiger partial charge in [-0.25, -0.2) is 0 Å². The minimum Gasteiger partial charge on any atom is -0.504 e. The first kappa shape index (κ1) is 48.5.